The lowest BCUT2D eigenvalue weighted by Gasteiger charge is -2.32. The van der Waals surface area contributed by atoms with Crippen LogP contribution in [0.25, 0.3) is 39.0 Å². The second-order valence-electron chi connectivity index (χ2n) is 13.3. The van der Waals surface area contributed by atoms with Gasteiger partial charge in [0.25, 0.3) is 29.2 Å². The molecule has 4 heterocycles. The standard InChI is InChI=1S/C39H29F3N6O6/c1-2-3-4-5-6-7-18-46-34(50)23-13-15-25-30-26(16-14-24(29(23)30)35(46)51)37(53)48(36(25)52)22-11-9-21(10-12-22)47-28-17-8-20(39(40,41)42)19-27(28)43-31-32(47)44-38(54)45-33(31)49/h8-17,19H,2-7,18H2,1H3,(H,45,49,54). The van der Waals surface area contributed by atoms with E-state index in [0.29, 0.717) is 6.42 Å². The Labute approximate surface area is 303 Å². The van der Waals surface area contributed by atoms with Crippen LogP contribution >= 0.6 is 0 Å². The number of aromatic nitrogens is 4. The number of hydrogen-bond acceptors (Lipinski definition) is 8. The second kappa shape index (κ2) is 12.9. The van der Waals surface area contributed by atoms with E-state index in [2.05, 4.69) is 16.9 Å². The fraction of sp³-hybridized carbons (Fsp3) is 0.231. The maximum absolute atomic E-state index is 14.0. The first-order valence-corrected chi connectivity index (χ1v) is 17.4. The van der Waals surface area contributed by atoms with E-state index in [9.17, 15) is 41.9 Å². The number of rotatable bonds is 9. The summed E-state index contributed by atoms with van der Waals surface area (Å²) in [5.41, 5.74) is -2.38. The molecule has 0 unspecified atom stereocenters. The average Bonchev–Trinajstić information content (AvgIpc) is 3.14. The Morgan fingerprint density at radius 3 is 1.80 bits per heavy atom. The number of H-pyrrole nitrogens is 1. The molecule has 0 bridgehead atoms. The molecule has 272 valence electrons. The molecular formula is C39H29F3N6O6. The van der Waals surface area contributed by atoms with Gasteiger partial charge < -0.3 is 0 Å². The van der Waals surface area contributed by atoms with Crippen molar-refractivity contribution >= 4 is 51.1 Å². The maximum atomic E-state index is 14.0. The van der Waals surface area contributed by atoms with Crippen LogP contribution in [0, 0.1) is 0 Å². The van der Waals surface area contributed by atoms with E-state index in [1.54, 1.807) is 0 Å². The zero-order valence-electron chi connectivity index (χ0n) is 28.6. The van der Waals surface area contributed by atoms with Crippen molar-refractivity contribution in [3.05, 3.63) is 115 Å². The largest absolute Gasteiger partial charge is 0.416 e. The highest BCUT2D eigenvalue weighted by atomic mass is 19.4. The number of fused-ring (bicyclic) bond motifs is 2. The second-order valence-corrected chi connectivity index (χ2v) is 13.3. The topological polar surface area (TPSA) is 155 Å². The number of halogens is 3. The van der Waals surface area contributed by atoms with Gasteiger partial charge in [0, 0.05) is 45.3 Å². The lowest BCUT2D eigenvalue weighted by molar-refractivity contribution is -0.137. The summed E-state index contributed by atoms with van der Waals surface area (Å²) in [7, 11) is 0. The van der Waals surface area contributed by atoms with Gasteiger partial charge in [-0.2, -0.15) is 18.2 Å². The number of amides is 4. The number of nitrogens with zero attached hydrogens (tertiary/aromatic N) is 5. The Bertz CT molecular complexity index is 2610. The van der Waals surface area contributed by atoms with E-state index in [-0.39, 0.29) is 73.5 Å². The predicted octanol–water partition coefficient (Wildman–Crippen LogP) is 6.50. The SMILES string of the molecule is CCCCCCCCN1C(=O)c2ccc3c4c(ccc(c24)C1=O)C(=O)N(c1ccc(-n2c4nc(=O)[nH]c(=O)c-4nc4cc(C(F)(F)F)ccc42)cc1)C3=O. The minimum absolute atomic E-state index is 0.0918. The molecule has 54 heavy (non-hydrogen) atoms. The fourth-order valence-corrected chi connectivity index (χ4v) is 7.33. The molecule has 15 heteroatoms. The molecule has 0 fully saturated rings. The van der Waals surface area contributed by atoms with Crippen molar-refractivity contribution in [1.29, 1.82) is 0 Å². The lowest BCUT2D eigenvalue weighted by atomic mass is 9.85. The summed E-state index contributed by atoms with van der Waals surface area (Å²) in [5.74, 6) is -2.58. The third-order valence-electron chi connectivity index (χ3n) is 9.92. The molecular weight excluding hydrogens is 705 g/mol. The molecule has 0 spiro atoms. The average molecular weight is 735 g/mol. The van der Waals surface area contributed by atoms with Crippen molar-refractivity contribution in [2.45, 2.75) is 51.6 Å². The number of nitrogens with one attached hydrogen (secondary N) is 1. The Kier molecular flexibility index (Phi) is 8.23. The van der Waals surface area contributed by atoms with Crippen LogP contribution in [0.5, 0.6) is 0 Å². The molecule has 12 nitrogen and oxygen atoms in total. The number of anilines is 1. The van der Waals surface area contributed by atoms with E-state index in [1.807, 2.05) is 4.98 Å². The van der Waals surface area contributed by atoms with Crippen LogP contribution in [0.1, 0.15) is 92.4 Å². The Morgan fingerprint density at radius 2 is 1.20 bits per heavy atom. The smallest absolute Gasteiger partial charge is 0.291 e. The first-order valence-electron chi connectivity index (χ1n) is 17.4. The molecule has 8 rings (SSSR count). The third-order valence-corrected chi connectivity index (χ3v) is 9.92. The van der Waals surface area contributed by atoms with Gasteiger partial charge in [-0.1, -0.05) is 39.0 Å². The van der Waals surface area contributed by atoms with Gasteiger partial charge in [0.2, 0.25) is 0 Å². The first-order chi connectivity index (χ1) is 25.9. The van der Waals surface area contributed by atoms with E-state index in [4.69, 9.17) is 0 Å². The number of benzene rings is 4. The summed E-state index contributed by atoms with van der Waals surface area (Å²) >= 11 is 0. The molecule has 0 saturated heterocycles. The lowest BCUT2D eigenvalue weighted by Crippen LogP contribution is -2.43. The van der Waals surface area contributed by atoms with Gasteiger partial charge >= 0.3 is 11.9 Å². The summed E-state index contributed by atoms with van der Waals surface area (Å²) in [6.45, 7) is 2.39. The summed E-state index contributed by atoms with van der Waals surface area (Å²) in [5, 5.41) is 0.486. The minimum atomic E-state index is -4.70. The van der Waals surface area contributed by atoms with Crippen molar-refractivity contribution in [3.63, 3.8) is 0 Å². The van der Waals surface area contributed by atoms with E-state index >= 15 is 0 Å². The summed E-state index contributed by atoms with van der Waals surface area (Å²) in [6.07, 6.45) is 1.18. The number of unbranched alkanes of at least 4 members (excludes halogenated alkanes) is 5. The molecule has 4 aromatic carbocycles. The molecule has 0 saturated carbocycles. The Balaban J connectivity index is 1.15. The first kappa shape index (κ1) is 34.6. The van der Waals surface area contributed by atoms with E-state index in [0.717, 1.165) is 55.2 Å². The van der Waals surface area contributed by atoms with Crippen LogP contribution in [-0.2, 0) is 6.18 Å². The summed E-state index contributed by atoms with van der Waals surface area (Å²) in [4.78, 5) is 92.4. The normalized spacial score (nSPS) is 14.3. The highest BCUT2D eigenvalue weighted by molar-refractivity contribution is 6.39. The quantitative estimate of drug-likeness (QED) is 0.100. The summed E-state index contributed by atoms with van der Waals surface area (Å²) in [6, 6.07) is 14.4. The minimum Gasteiger partial charge on any atom is -0.291 e. The number of aromatic amines is 1. The van der Waals surface area contributed by atoms with Gasteiger partial charge in [-0.3, -0.25) is 38.4 Å². The molecule has 0 atom stereocenters. The predicted molar refractivity (Wildman–Crippen MR) is 191 cm³/mol. The number of imide groups is 2. The van der Waals surface area contributed by atoms with Gasteiger partial charge in [-0.15, -0.1) is 0 Å². The number of carbonyl (C=O) groups excluding carboxylic acids is 4. The Morgan fingerprint density at radius 1 is 0.648 bits per heavy atom. The molecule has 4 aromatic rings. The van der Waals surface area contributed by atoms with Gasteiger partial charge in [0.05, 0.1) is 22.3 Å². The van der Waals surface area contributed by atoms with Crippen LogP contribution in [0.4, 0.5) is 18.9 Å². The van der Waals surface area contributed by atoms with Gasteiger partial charge in [0.15, 0.2) is 11.5 Å². The van der Waals surface area contributed by atoms with Crippen LogP contribution < -0.4 is 16.1 Å². The molecule has 4 aliphatic heterocycles. The van der Waals surface area contributed by atoms with Gasteiger partial charge in [-0.25, -0.2) is 14.7 Å². The van der Waals surface area contributed by atoms with Crippen LogP contribution in [0.15, 0.2) is 76.3 Å². The Hall–Kier alpha value is -6.51. The van der Waals surface area contributed by atoms with Crippen LogP contribution in [0.2, 0.25) is 0 Å². The third kappa shape index (κ3) is 5.45. The van der Waals surface area contributed by atoms with Crippen LogP contribution in [0.3, 0.4) is 0 Å². The molecule has 4 aliphatic rings. The molecule has 0 aliphatic carbocycles. The van der Waals surface area contributed by atoms with Crippen molar-refractivity contribution in [3.8, 4) is 17.2 Å². The monoisotopic (exact) mass is 734 g/mol. The molecule has 0 radical (unpaired) electrons. The highest BCUT2D eigenvalue weighted by Gasteiger charge is 2.40. The van der Waals surface area contributed by atoms with Crippen molar-refractivity contribution in [1.82, 2.24) is 24.4 Å². The van der Waals surface area contributed by atoms with E-state index in [1.165, 1.54) is 58.0 Å². The van der Waals surface area contributed by atoms with Crippen molar-refractivity contribution in [2.75, 3.05) is 11.4 Å². The van der Waals surface area contributed by atoms with E-state index < -0.39 is 46.6 Å². The van der Waals surface area contributed by atoms with Crippen molar-refractivity contribution in [2.24, 2.45) is 0 Å². The summed E-state index contributed by atoms with van der Waals surface area (Å²) < 4.78 is 42.0. The maximum Gasteiger partial charge on any atom is 0.416 e. The fourth-order valence-electron chi connectivity index (χ4n) is 7.33. The van der Waals surface area contributed by atoms with Crippen molar-refractivity contribution < 1.29 is 32.3 Å². The van der Waals surface area contributed by atoms with Gasteiger partial charge in [-0.05, 0) is 73.2 Å². The number of carbonyl (C=O) groups is 4. The molecule has 0 aromatic heterocycles. The highest BCUT2D eigenvalue weighted by Crippen LogP contribution is 2.40. The zero-order valence-corrected chi connectivity index (χ0v) is 28.6. The molecule has 1 N–H and O–H groups in total. The van der Waals surface area contributed by atoms with Gasteiger partial charge in [0.1, 0.15) is 0 Å². The zero-order chi connectivity index (χ0) is 38.1. The number of alkyl halides is 3. The molecule has 4 amide bonds. The van der Waals surface area contributed by atoms with Crippen LogP contribution in [-0.4, -0.2) is 54.6 Å². The number of hydrogen-bond donors (Lipinski definition) is 1.